The first-order valence-electron chi connectivity index (χ1n) is 18.2. The molecule has 8 aromatic carbocycles. The van der Waals surface area contributed by atoms with Crippen molar-refractivity contribution in [3.63, 3.8) is 0 Å². The lowest BCUT2D eigenvalue weighted by Gasteiger charge is -2.14. The van der Waals surface area contributed by atoms with Crippen LogP contribution >= 0.6 is 0 Å². The van der Waals surface area contributed by atoms with Crippen molar-refractivity contribution >= 4 is 63.3 Å². The van der Waals surface area contributed by atoms with Gasteiger partial charge in [-0.2, -0.15) is 0 Å². The third kappa shape index (κ3) is 5.37. The summed E-state index contributed by atoms with van der Waals surface area (Å²) in [5.74, 6) is 0. The minimum absolute atomic E-state index is 0.247. The number of nitrogens with zero attached hydrogens (tertiary/aromatic N) is 2. The van der Waals surface area contributed by atoms with Crippen LogP contribution in [0.15, 0.2) is 214 Å². The molecule has 0 fully saturated rings. The van der Waals surface area contributed by atoms with E-state index in [1.807, 2.05) is 36.4 Å². The Morgan fingerprint density at radius 3 is 1.36 bits per heavy atom. The largest absolute Gasteiger partial charge is 0.248 e. The summed E-state index contributed by atoms with van der Waals surface area (Å²) in [5.41, 5.74) is 7.62. The first-order valence-corrected chi connectivity index (χ1v) is 21.1. The van der Waals surface area contributed by atoms with Gasteiger partial charge in [-0.15, -0.1) is 0 Å². The van der Waals surface area contributed by atoms with E-state index in [4.69, 9.17) is 0 Å². The van der Waals surface area contributed by atoms with Crippen LogP contribution in [0, 0.1) is 0 Å². The highest BCUT2D eigenvalue weighted by Crippen LogP contribution is 2.39. The molecule has 0 unspecified atom stereocenters. The summed E-state index contributed by atoms with van der Waals surface area (Å²) >= 11 is 0. The van der Waals surface area contributed by atoms with Crippen molar-refractivity contribution < 1.29 is 16.8 Å². The molecule has 56 heavy (non-hydrogen) atoms. The minimum atomic E-state index is -3.69. The van der Waals surface area contributed by atoms with Crippen LogP contribution in [0.5, 0.6) is 0 Å². The average Bonchev–Trinajstić information content (AvgIpc) is 3.75. The highest BCUT2D eigenvalue weighted by molar-refractivity contribution is 7.91. The Kier molecular flexibility index (Phi) is 7.81. The molecule has 0 aliphatic rings. The van der Waals surface area contributed by atoms with Crippen molar-refractivity contribution in [1.82, 2.24) is 9.35 Å². The van der Waals surface area contributed by atoms with Crippen LogP contribution in [-0.4, -0.2) is 26.2 Å². The lowest BCUT2D eigenvalue weighted by molar-refractivity contribution is 0.594. The highest BCUT2D eigenvalue weighted by atomic mass is 32.2. The van der Waals surface area contributed by atoms with Gasteiger partial charge in [0.25, 0.3) is 0 Å². The zero-order valence-corrected chi connectivity index (χ0v) is 31.5. The van der Waals surface area contributed by atoms with Crippen molar-refractivity contribution in [2.24, 2.45) is 0 Å². The molecule has 10 aromatic rings. The highest BCUT2D eigenvalue weighted by Gasteiger charge is 2.21. The molecule has 6 nitrogen and oxygen atoms in total. The van der Waals surface area contributed by atoms with E-state index >= 15 is 0 Å². The summed E-state index contributed by atoms with van der Waals surface area (Å²) in [6.07, 6.45) is 0. The Morgan fingerprint density at radius 2 is 0.696 bits per heavy atom. The molecule has 0 aliphatic carbocycles. The number of sulfone groups is 2. The summed E-state index contributed by atoms with van der Waals surface area (Å²) in [6.45, 7) is 0. The van der Waals surface area contributed by atoms with E-state index in [0.717, 1.165) is 65.9 Å². The Morgan fingerprint density at radius 1 is 0.268 bits per heavy atom. The summed E-state index contributed by atoms with van der Waals surface area (Å²) in [6, 6.07) is 60.6. The molecule has 0 radical (unpaired) electrons. The van der Waals surface area contributed by atoms with E-state index < -0.39 is 19.7 Å². The molecule has 0 saturated heterocycles. The predicted octanol–water partition coefficient (Wildman–Crippen LogP) is 11.2. The Bertz CT molecular complexity index is 3370. The van der Waals surface area contributed by atoms with Crippen LogP contribution in [0.1, 0.15) is 0 Å². The van der Waals surface area contributed by atoms with Gasteiger partial charge in [0.1, 0.15) is 0 Å². The van der Waals surface area contributed by atoms with Gasteiger partial charge in [0, 0.05) is 21.5 Å². The van der Waals surface area contributed by atoms with Gasteiger partial charge in [0.15, 0.2) is 0 Å². The lowest BCUT2D eigenvalue weighted by Crippen LogP contribution is -2.08. The molecule has 0 atom stereocenters. The first kappa shape index (κ1) is 33.8. The third-order valence-electron chi connectivity index (χ3n) is 10.6. The molecule has 0 saturated carbocycles. The van der Waals surface area contributed by atoms with E-state index in [2.05, 4.69) is 76.1 Å². The first-order chi connectivity index (χ1) is 27.3. The Hall–Kier alpha value is -6.74. The number of para-hydroxylation sites is 2. The van der Waals surface area contributed by atoms with E-state index in [1.54, 1.807) is 91.0 Å². The zero-order valence-electron chi connectivity index (χ0n) is 29.8. The molecule has 2 heterocycles. The van der Waals surface area contributed by atoms with Gasteiger partial charge in [0.2, 0.25) is 19.7 Å². The van der Waals surface area contributed by atoms with Gasteiger partial charge in [-0.05, 0) is 101 Å². The summed E-state index contributed by atoms with van der Waals surface area (Å²) in [7, 11) is -7.34. The molecule has 0 spiro atoms. The summed E-state index contributed by atoms with van der Waals surface area (Å²) < 4.78 is 58.3. The van der Waals surface area contributed by atoms with Crippen molar-refractivity contribution in [1.29, 1.82) is 0 Å². The maximum atomic E-state index is 13.5. The molecule has 270 valence electrons. The summed E-state index contributed by atoms with van der Waals surface area (Å²) in [5, 5.41) is 4.30. The molecule has 8 heteroatoms. The quantitative estimate of drug-likeness (QED) is 0.162. The van der Waals surface area contributed by atoms with Crippen molar-refractivity contribution in [2.45, 2.75) is 19.6 Å². The molecule has 2 aromatic heterocycles. The van der Waals surface area contributed by atoms with Crippen molar-refractivity contribution in [2.75, 3.05) is 0 Å². The number of aromatic nitrogens is 2. The van der Waals surface area contributed by atoms with Crippen molar-refractivity contribution in [3.8, 4) is 22.3 Å². The SMILES string of the molecule is O=S(=O)(c1ccccc1)c1ccc(-c2ccc3c4ccccc4n(-n4c5ccccc5c5cc(-c6cccc(S(=O)(=O)c7ccccc7)c6)ccc54)c3c2)cc1. The van der Waals surface area contributed by atoms with Gasteiger partial charge in [-0.3, -0.25) is 0 Å². The van der Waals surface area contributed by atoms with Gasteiger partial charge >= 0.3 is 0 Å². The fraction of sp³-hybridized carbons (Fsp3) is 0. The topological polar surface area (TPSA) is 78.1 Å². The second kappa shape index (κ2) is 12.9. The van der Waals surface area contributed by atoms with E-state index in [9.17, 15) is 16.8 Å². The van der Waals surface area contributed by atoms with E-state index in [0.29, 0.717) is 0 Å². The molecule has 0 bridgehead atoms. The van der Waals surface area contributed by atoms with E-state index in [-0.39, 0.29) is 19.6 Å². The Balaban J connectivity index is 1.13. The van der Waals surface area contributed by atoms with Gasteiger partial charge in [-0.25, -0.2) is 26.2 Å². The number of rotatable bonds is 7. The maximum absolute atomic E-state index is 13.5. The average molecular weight is 765 g/mol. The van der Waals surface area contributed by atoms with Crippen LogP contribution in [-0.2, 0) is 19.7 Å². The van der Waals surface area contributed by atoms with Crippen LogP contribution in [0.3, 0.4) is 0 Å². The van der Waals surface area contributed by atoms with Gasteiger partial charge in [-0.1, -0.05) is 115 Å². The number of hydrogen-bond acceptors (Lipinski definition) is 4. The molecule has 10 rings (SSSR count). The number of fused-ring (bicyclic) bond motifs is 6. The molecular weight excluding hydrogens is 733 g/mol. The van der Waals surface area contributed by atoms with Gasteiger partial charge < -0.3 is 0 Å². The molecule has 0 aliphatic heterocycles. The number of benzene rings is 8. The minimum Gasteiger partial charge on any atom is -0.248 e. The molecular formula is C48H32N2O4S2. The maximum Gasteiger partial charge on any atom is 0.206 e. The van der Waals surface area contributed by atoms with Crippen LogP contribution in [0.4, 0.5) is 0 Å². The fourth-order valence-corrected chi connectivity index (χ4v) is 10.4. The third-order valence-corrected chi connectivity index (χ3v) is 14.1. The second-order valence-corrected chi connectivity index (χ2v) is 17.7. The van der Waals surface area contributed by atoms with Crippen molar-refractivity contribution in [3.05, 3.63) is 194 Å². The molecule has 0 N–H and O–H groups in total. The standard InChI is InChI=1S/C48H32N2O4S2/c51-55(52,37-13-3-1-4-14-37)39-26-22-33(23-27-39)36-24-28-43-41-18-7-9-20-45(41)50(48(43)32-36)49-46-21-10-8-19-42(46)44-31-35(25-29-47(44)49)34-12-11-17-40(30-34)56(53,54)38-15-5-2-6-16-38/h1-32H. The smallest absolute Gasteiger partial charge is 0.206 e. The number of hydrogen-bond donors (Lipinski definition) is 0. The van der Waals surface area contributed by atoms with Crippen LogP contribution in [0.25, 0.3) is 65.9 Å². The van der Waals surface area contributed by atoms with Crippen LogP contribution in [0.2, 0.25) is 0 Å². The normalized spacial score (nSPS) is 12.2. The molecule has 0 amide bonds. The summed E-state index contributed by atoms with van der Waals surface area (Å²) in [4.78, 5) is 1.02. The predicted molar refractivity (Wildman–Crippen MR) is 224 cm³/mol. The van der Waals surface area contributed by atoms with Crippen LogP contribution < -0.4 is 0 Å². The second-order valence-electron chi connectivity index (χ2n) is 13.8. The van der Waals surface area contributed by atoms with Gasteiger partial charge in [0.05, 0.1) is 41.6 Å². The zero-order chi connectivity index (χ0) is 38.0. The fourth-order valence-electron chi connectivity index (χ4n) is 7.83. The lowest BCUT2D eigenvalue weighted by atomic mass is 10.0. The van der Waals surface area contributed by atoms with E-state index in [1.165, 1.54) is 0 Å². The monoisotopic (exact) mass is 764 g/mol. The Labute approximate surface area is 324 Å².